The van der Waals surface area contributed by atoms with Crippen LogP contribution in [0.3, 0.4) is 0 Å². The first-order valence-electron chi connectivity index (χ1n) is 7.91. The van der Waals surface area contributed by atoms with Crippen molar-refractivity contribution in [2.45, 2.75) is 38.4 Å². The number of hydrogen-bond acceptors (Lipinski definition) is 4. The summed E-state index contributed by atoms with van der Waals surface area (Å²) >= 11 is 0. The molecule has 0 aliphatic heterocycles. The molecule has 0 heterocycles. The van der Waals surface area contributed by atoms with Gasteiger partial charge in [0, 0.05) is 6.54 Å². The van der Waals surface area contributed by atoms with Gasteiger partial charge in [-0.1, -0.05) is 30.3 Å². The van der Waals surface area contributed by atoms with Crippen LogP contribution in [0.25, 0.3) is 0 Å². The van der Waals surface area contributed by atoms with Gasteiger partial charge in [-0.25, -0.2) is 9.59 Å². The van der Waals surface area contributed by atoms with E-state index in [1.807, 2.05) is 30.3 Å². The molecule has 23 heavy (non-hydrogen) atoms. The zero-order valence-corrected chi connectivity index (χ0v) is 13.0. The zero-order chi connectivity index (χ0) is 16.7. The number of carbonyl (C=O) groups excluding carboxylic acids is 1. The van der Waals surface area contributed by atoms with E-state index in [1.54, 1.807) is 0 Å². The van der Waals surface area contributed by atoms with Crippen molar-refractivity contribution < 1.29 is 24.5 Å². The Hall–Kier alpha value is -2.08. The van der Waals surface area contributed by atoms with E-state index in [9.17, 15) is 14.7 Å². The van der Waals surface area contributed by atoms with Gasteiger partial charge in [0.05, 0.1) is 0 Å². The lowest BCUT2D eigenvalue weighted by molar-refractivity contribution is -0.150. The van der Waals surface area contributed by atoms with E-state index in [1.165, 1.54) is 0 Å². The van der Waals surface area contributed by atoms with Crippen molar-refractivity contribution in [1.29, 1.82) is 0 Å². The van der Waals surface area contributed by atoms with Crippen molar-refractivity contribution >= 4 is 12.1 Å². The predicted molar refractivity (Wildman–Crippen MR) is 83.7 cm³/mol. The number of ether oxygens (including phenoxy) is 1. The zero-order valence-electron chi connectivity index (χ0n) is 13.0. The van der Waals surface area contributed by atoms with Crippen molar-refractivity contribution in [1.82, 2.24) is 5.32 Å². The summed E-state index contributed by atoms with van der Waals surface area (Å²) in [6, 6.07) is 9.47. The summed E-state index contributed by atoms with van der Waals surface area (Å²) in [5.74, 6) is -1.04. The third-order valence-electron chi connectivity index (χ3n) is 4.34. The van der Waals surface area contributed by atoms with Crippen molar-refractivity contribution in [3.63, 3.8) is 0 Å². The predicted octanol–water partition coefficient (Wildman–Crippen LogP) is 2.16. The van der Waals surface area contributed by atoms with Crippen molar-refractivity contribution in [2.75, 3.05) is 6.54 Å². The molecule has 0 spiro atoms. The number of hydrogen-bond donors (Lipinski definition) is 3. The SMILES string of the molecule is O=C(NCC1CCC(C(O)C(=O)O)CC1)OCc1ccccc1. The van der Waals surface area contributed by atoms with E-state index in [-0.39, 0.29) is 12.5 Å². The number of carbonyl (C=O) groups is 2. The molecule has 1 saturated carbocycles. The number of nitrogens with one attached hydrogen (secondary N) is 1. The van der Waals surface area contributed by atoms with E-state index in [0.717, 1.165) is 18.4 Å². The molecule has 0 aromatic heterocycles. The van der Waals surface area contributed by atoms with Crippen LogP contribution in [0.1, 0.15) is 31.2 Å². The number of aliphatic carboxylic acids is 1. The third kappa shape index (κ3) is 5.56. The number of amides is 1. The van der Waals surface area contributed by atoms with Gasteiger partial charge in [0.25, 0.3) is 0 Å². The number of rotatable bonds is 6. The average Bonchev–Trinajstić information content (AvgIpc) is 2.58. The van der Waals surface area contributed by atoms with Crippen LogP contribution in [0.5, 0.6) is 0 Å². The molecule has 2 rings (SSSR count). The highest BCUT2D eigenvalue weighted by molar-refractivity contribution is 5.72. The summed E-state index contributed by atoms with van der Waals surface area (Å²) in [6.07, 6.45) is 1.21. The van der Waals surface area contributed by atoms with Crippen LogP contribution in [-0.2, 0) is 16.1 Å². The Morgan fingerprint density at radius 2 is 1.83 bits per heavy atom. The maximum absolute atomic E-state index is 11.7. The second-order valence-corrected chi connectivity index (χ2v) is 6.01. The number of aliphatic hydroxyl groups is 1. The molecule has 1 aliphatic carbocycles. The maximum Gasteiger partial charge on any atom is 0.407 e. The highest BCUT2D eigenvalue weighted by Crippen LogP contribution is 2.30. The molecule has 6 heteroatoms. The number of aliphatic hydroxyl groups excluding tert-OH is 1. The minimum Gasteiger partial charge on any atom is -0.479 e. The lowest BCUT2D eigenvalue weighted by atomic mass is 9.79. The maximum atomic E-state index is 11.7. The topological polar surface area (TPSA) is 95.9 Å². The summed E-state index contributed by atoms with van der Waals surface area (Å²) in [5.41, 5.74) is 0.936. The Labute approximate surface area is 135 Å². The lowest BCUT2D eigenvalue weighted by Gasteiger charge is -2.29. The first-order chi connectivity index (χ1) is 11.1. The number of benzene rings is 1. The standard InChI is InChI=1S/C17H23NO5/c19-15(16(20)21)14-8-6-12(7-9-14)10-18-17(22)23-11-13-4-2-1-3-5-13/h1-5,12,14-15,19H,6-11H2,(H,18,22)(H,20,21). The number of alkyl carbamates (subject to hydrolysis) is 1. The Bertz CT molecular complexity index is 511. The van der Waals surface area contributed by atoms with E-state index < -0.39 is 18.2 Å². The minimum absolute atomic E-state index is 0.186. The van der Waals surface area contributed by atoms with Gasteiger partial charge in [-0.2, -0.15) is 0 Å². The normalized spacial score (nSPS) is 22.1. The quantitative estimate of drug-likeness (QED) is 0.746. The molecule has 1 aromatic rings. The summed E-state index contributed by atoms with van der Waals surface area (Å²) in [7, 11) is 0. The Morgan fingerprint density at radius 3 is 2.43 bits per heavy atom. The van der Waals surface area contributed by atoms with Crippen molar-refractivity contribution in [3.05, 3.63) is 35.9 Å². The van der Waals surface area contributed by atoms with Crippen LogP contribution in [0, 0.1) is 11.8 Å². The smallest absolute Gasteiger partial charge is 0.407 e. The van der Waals surface area contributed by atoms with Crippen LogP contribution in [-0.4, -0.2) is 34.9 Å². The van der Waals surface area contributed by atoms with E-state index >= 15 is 0 Å². The molecule has 0 bridgehead atoms. The summed E-state index contributed by atoms with van der Waals surface area (Å²) in [6.45, 7) is 0.758. The Kier molecular flexibility index (Phi) is 6.40. The molecule has 1 aromatic carbocycles. The second kappa shape index (κ2) is 8.53. The van der Waals surface area contributed by atoms with Gasteiger partial charge in [0.1, 0.15) is 6.61 Å². The van der Waals surface area contributed by atoms with Gasteiger partial charge in [0.2, 0.25) is 0 Å². The average molecular weight is 321 g/mol. The fraction of sp³-hybridized carbons (Fsp3) is 0.529. The molecule has 126 valence electrons. The van der Waals surface area contributed by atoms with E-state index in [0.29, 0.717) is 25.3 Å². The van der Waals surface area contributed by atoms with Crippen molar-refractivity contribution in [3.8, 4) is 0 Å². The molecule has 3 N–H and O–H groups in total. The summed E-state index contributed by atoms with van der Waals surface area (Å²) < 4.78 is 5.14. The first kappa shape index (κ1) is 17.3. The number of carboxylic acid groups (broad SMARTS) is 1. The van der Waals surface area contributed by atoms with E-state index in [2.05, 4.69) is 5.32 Å². The van der Waals surface area contributed by atoms with E-state index in [4.69, 9.17) is 9.84 Å². The molecule has 0 radical (unpaired) electrons. The monoisotopic (exact) mass is 321 g/mol. The summed E-state index contributed by atoms with van der Waals surface area (Å²) in [5, 5.41) is 21.1. The molecular formula is C17H23NO5. The summed E-state index contributed by atoms with van der Waals surface area (Å²) in [4.78, 5) is 22.4. The Morgan fingerprint density at radius 1 is 1.17 bits per heavy atom. The molecule has 1 amide bonds. The minimum atomic E-state index is -1.28. The third-order valence-corrected chi connectivity index (χ3v) is 4.34. The van der Waals surface area contributed by atoms with Gasteiger partial charge in [-0.3, -0.25) is 0 Å². The molecule has 0 saturated heterocycles. The van der Waals surface area contributed by atoms with Gasteiger partial charge in [-0.05, 0) is 43.1 Å². The van der Waals surface area contributed by atoms with Gasteiger partial charge >= 0.3 is 12.1 Å². The van der Waals surface area contributed by atoms with Gasteiger partial charge in [-0.15, -0.1) is 0 Å². The number of carboxylic acids is 1. The largest absolute Gasteiger partial charge is 0.479 e. The van der Waals surface area contributed by atoms with Crippen molar-refractivity contribution in [2.24, 2.45) is 11.8 Å². The lowest BCUT2D eigenvalue weighted by Crippen LogP contribution is -2.35. The molecule has 1 unspecified atom stereocenters. The Balaban J connectivity index is 1.63. The van der Waals surface area contributed by atoms with Gasteiger partial charge in [0.15, 0.2) is 6.10 Å². The fourth-order valence-corrected chi connectivity index (χ4v) is 2.91. The second-order valence-electron chi connectivity index (χ2n) is 6.01. The molecule has 6 nitrogen and oxygen atoms in total. The molecule has 1 atom stereocenters. The molecule has 1 fully saturated rings. The highest BCUT2D eigenvalue weighted by Gasteiger charge is 2.30. The molecular weight excluding hydrogens is 298 g/mol. The van der Waals surface area contributed by atoms with Crippen LogP contribution in [0.2, 0.25) is 0 Å². The van der Waals surface area contributed by atoms with Crippen LogP contribution in [0.15, 0.2) is 30.3 Å². The van der Waals surface area contributed by atoms with Crippen LogP contribution < -0.4 is 5.32 Å². The first-order valence-corrected chi connectivity index (χ1v) is 7.91. The molecule has 1 aliphatic rings. The highest BCUT2D eigenvalue weighted by atomic mass is 16.5. The fourth-order valence-electron chi connectivity index (χ4n) is 2.91. The van der Waals surface area contributed by atoms with Gasteiger partial charge < -0.3 is 20.3 Å². The van der Waals surface area contributed by atoms with Crippen LogP contribution in [0.4, 0.5) is 4.79 Å². The van der Waals surface area contributed by atoms with Crippen LogP contribution >= 0.6 is 0 Å².